The summed E-state index contributed by atoms with van der Waals surface area (Å²) >= 11 is 1.45. The van der Waals surface area contributed by atoms with Gasteiger partial charge in [-0.25, -0.2) is 14.8 Å². The van der Waals surface area contributed by atoms with Crippen molar-refractivity contribution in [2.45, 2.75) is 6.92 Å². The van der Waals surface area contributed by atoms with Crippen molar-refractivity contribution in [2.24, 2.45) is 0 Å². The van der Waals surface area contributed by atoms with Crippen molar-refractivity contribution >= 4 is 27.7 Å². The van der Waals surface area contributed by atoms with E-state index in [1.807, 2.05) is 6.92 Å². The molecule has 2 aromatic rings. The molecular weight excluding hydrogens is 188 g/mol. The Morgan fingerprint density at radius 3 is 3.08 bits per heavy atom. The van der Waals surface area contributed by atoms with Crippen LogP contribution in [0.4, 0.5) is 0 Å². The zero-order valence-corrected chi connectivity index (χ0v) is 7.63. The van der Waals surface area contributed by atoms with E-state index in [2.05, 4.69) is 9.97 Å². The zero-order chi connectivity index (χ0) is 9.42. The van der Waals surface area contributed by atoms with Gasteiger partial charge in [0.25, 0.3) is 0 Å². The van der Waals surface area contributed by atoms with E-state index in [0.717, 1.165) is 9.71 Å². The maximum absolute atomic E-state index is 10.6. The van der Waals surface area contributed by atoms with Crippen LogP contribution in [0.5, 0.6) is 0 Å². The van der Waals surface area contributed by atoms with Gasteiger partial charge in [0, 0.05) is 6.20 Å². The number of aromatic carboxylic acids is 1. The summed E-state index contributed by atoms with van der Waals surface area (Å²) in [7, 11) is 0. The van der Waals surface area contributed by atoms with Gasteiger partial charge < -0.3 is 5.11 Å². The van der Waals surface area contributed by atoms with Crippen LogP contribution in [-0.2, 0) is 0 Å². The molecule has 0 aliphatic rings. The Morgan fingerprint density at radius 1 is 1.62 bits per heavy atom. The van der Waals surface area contributed by atoms with Crippen LogP contribution in [0.15, 0.2) is 12.3 Å². The predicted molar refractivity (Wildman–Crippen MR) is 49.1 cm³/mol. The number of thiazole rings is 1. The van der Waals surface area contributed by atoms with Crippen LogP contribution in [0.1, 0.15) is 15.4 Å². The molecule has 0 aliphatic heterocycles. The molecule has 2 rings (SSSR count). The van der Waals surface area contributed by atoms with Gasteiger partial charge in [0.15, 0.2) is 5.65 Å². The summed E-state index contributed by atoms with van der Waals surface area (Å²) in [6.45, 7) is 1.87. The Morgan fingerprint density at radius 2 is 2.38 bits per heavy atom. The molecule has 0 unspecified atom stereocenters. The second kappa shape index (κ2) is 2.77. The van der Waals surface area contributed by atoms with Crippen molar-refractivity contribution in [3.05, 3.63) is 22.8 Å². The smallest absolute Gasteiger partial charge is 0.337 e. The van der Waals surface area contributed by atoms with Gasteiger partial charge in [-0.3, -0.25) is 0 Å². The molecule has 0 amide bonds. The lowest BCUT2D eigenvalue weighted by molar-refractivity contribution is 0.0696. The SMILES string of the molecule is Cc1nc2ncc(C(=O)O)cc2s1. The molecule has 1 N–H and O–H groups in total. The highest BCUT2D eigenvalue weighted by Crippen LogP contribution is 2.20. The van der Waals surface area contributed by atoms with Crippen LogP contribution in [0.25, 0.3) is 10.3 Å². The molecule has 0 radical (unpaired) electrons. The maximum Gasteiger partial charge on any atom is 0.337 e. The van der Waals surface area contributed by atoms with Crippen LogP contribution in [0.3, 0.4) is 0 Å². The van der Waals surface area contributed by atoms with E-state index in [0.29, 0.717) is 5.65 Å². The first-order valence-corrected chi connectivity index (χ1v) is 4.45. The maximum atomic E-state index is 10.6. The molecule has 0 aromatic carbocycles. The monoisotopic (exact) mass is 194 g/mol. The normalized spacial score (nSPS) is 10.5. The van der Waals surface area contributed by atoms with E-state index in [1.165, 1.54) is 17.5 Å². The van der Waals surface area contributed by atoms with Crippen LogP contribution in [0, 0.1) is 6.92 Å². The molecule has 0 saturated heterocycles. The Hall–Kier alpha value is -1.49. The van der Waals surface area contributed by atoms with Crippen LogP contribution >= 0.6 is 11.3 Å². The minimum absolute atomic E-state index is 0.205. The number of carbonyl (C=O) groups is 1. The van der Waals surface area contributed by atoms with Crippen molar-refractivity contribution in [2.75, 3.05) is 0 Å². The minimum Gasteiger partial charge on any atom is -0.478 e. The molecule has 13 heavy (non-hydrogen) atoms. The van der Waals surface area contributed by atoms with Crippen molar-refractivity contribution in [1.82, 2.24) is 9.97 Å². The second-order valence-electron chi connectivity index (χ2n) is 2.58. The molecule has 0 saturated carbocycles. The van der Waals surface area contributed by atoms with E-state index in [9.17, 15) is 4.79 Å². The third kappa shape index (κ3) is 1.38. The number of pyridine rings is 1. The summed E-state index contributed by atoms with van der Waals surface area (Å²) in [6.07, 6.45) is 1.32. The number of hydrogen-bond acceptors (Lipinski definition) is 4. The largest absolute Gasteiger partial charge is 0.478 e. The van der Waals surface area contributed by atoms with Crippen molar-refractivity contribution in [3.63, 3.8) is 0 Å². The topological polar surface area (TPSA) is 63.1 Å². The summed E-state index contributed by atoms with van der Waals surface area (Å²) in [5.41, 5.74) is 0.823. The quantitative estimate of drug-likeness (QED) is 0.750. The summed E-state index contributed by atoms with van der Waals surface area (Å²) < 4.78 is 0.817. The van der Waals surface area contributed by atoms with Gasteiger partial charge in [-0.05, 0) is 13.0 Å². The van der Waals surface area contributed by atoms with Crippen LogP contribution in [0.2, 0.25) is 0 Å². The average Bonchev–Trinajstić information content (AvgIpc) is 2.42. The zero-order valence-electron chi connectivity index (χ0n) is 6.81. The molecule has 2 aromatic heterocycles. The van der Waals surface area contributed by atoms with Crippen LogP contribution < -0.4 is 0 Å². The highest BCUT2D eigenvalue weighted by molar-refractivity contribution is 7.18. The van der Waals surface area contributed by atoms with Gasteiger partial charge >= 0.3 is 5.97 Å². The predicted octanol–water partition coefficient (Wildman–Crippen LogP) is 1.70. The van der Waals surface area contributed by atoms with Gasteiger partial charge in [0.05, 0.1) is 15.3 Å². The Bertz CT molecular complexity index is 478. The molecule has 2 heterocycles. The summed E-state index contributed by atoms with van der Waals surface area (Å²) in [4.78, 5) is 18.7. The number of carboxylic acids is 1. The molecule has 4 nitrogen and oxygen atoms in total. The standard InChI is InChI=1S/C8H6N2O2S/c1-4-10-7-6(13-4)2-5(3-9-7)8(11)12/h2-3H,1H3,(H,11,12). The highest BCUT2D eigenvalue weighted by Gasteiger charge is 2.07. The van der Waals surface area contributed by atoms with Gasteiger partial charge in [0.2, 0.25) is 0 Å². The molecule has 5 heteroatoms. The van der Waals surface area contributed by atoms with Gasteiger partial charge in [-0.2, -0.15) is 0 Å². The van der Waals surface area contributed by atoms with E-state index in [1.54, 1.807) is 6.07 Å². The van der Waals surface area contributed by atoms with E-state index >= 15 is 0 Å². The first kappa shape index (κ1) is 8.12. The number of aryl methyl sites for hydroxylation is 1. The van der Waals surface area contributed by atoms with Gasteiger partial charge in [0.1, 0.15) is 0 Å². The molecular formula is C8H6N2O2S. The molecule has 0 fully saturated rings. The number of fused-ring (bicyclic) bond motifs is 1. The molecule has 0 atom stereocenters. The summed E-state index contributed by atoms with van der Waals surface area (Å²) in [5.74, 6) is -0.958. The minimum atomic E-state index is -0.958. The molecule has 0 spiro atoms. The number of rotatable bonds is 1. The fraction of sp³-hybridized carbons (Fsp3) is 0.125. The number of nitrogens with zero attached hydrogens (tertiary/aromatic N) is 2. The number of hydrogen-bond donors (Lipinski definition) is 1. The first-order valence-electron chi connectivity index (χ1n) is 3.63. The summed E-state index contributed by atoms with van der Waals surface area (Å²) in [6, 6.07) is 1.59. The second-order valence-corrected chi connectivity index (χ2v) is 3.82. The third-order valence-electron chi connectivity index (χ3n) is 1.60. The average molecular weight is 194 g/mol. The highest BCUT2D eigenvalue weighted by atomic mass is 32.1. The Kier molecular flexibility index (Phi) is 1.73. The van der Waals surface area contributed by atoms with Crippen LogP contribution in [-0.4, -0.2) is 21.0 Å². The van der Waals surface area contributed by atoms with E-state index in [4.69, 9.17) is 5.11 Å². The number of carboxylic acid groups (broad SMARTS) is 1. The number of aromatic nitrogens is 2. The Labute approximate surface area is 77.9 Å². The van der Waals surface area contributed by atoms with Gasteiger partial charge in [-0.15, -0.1) is 11.3 Å². The summed E-state index contributed by atoms with van der Waals surface area (Å²) in [5, 5.41) is 9.59. The van der Waals surface area contributed by atoms with Gasteiger partial charge in [-0.1, -0.05) is 0 Å². The lowest BCUT2D eigenvalue weighted by Crippen LogP contribution is -1.96. The molecule has 66 valence electrons. The lowest BCUT2D eigenvalue weighted by Gasteiger charge is -1.91. The van der Waals surface area contributed by atoms with Crippen molar-refractivity contribution in [3.8, 4) is 0 Å². The third-order valence-corrected chi connectivity index (χ3v) is 2.51. The van der Waals surface area contributed by atoms with Crippen molar-refractivity contribution in [1.29, 1.82) is 0 Å². The lowest BCUT2D eigenvalue weighted by atomic mass is 10.3. The van der Waals surface area contributed by atoms with Crippen molar-refractivity contribution < 1.29 is 9.90 Å². The van der Waals surface area contributed by atoms with E-state index in [-0.39, 0.29) is 5.56 Å². The Balaban J connectivity index is 2.67. The van der Waals surface area contributed by atoms with E-state index < -0.39 is 5.97 Å². The fourth-order valence-corrected chi connectivity index (χ4v) is 1.87. The molecule has 0 bridgehead atoms. The first-order chi connectivity index (χ1) is 6.16. The molecule has 0 aliphatic carbocycles. The fourth-order valence-electron chi connectivity index (χ4n) is 1.04.